The lowest BCUT2D eigenvalue weighted by molar-refractivity contribution is 0.231. The fourth-order valence-corrected chi connectivity index (χ4v) is 3.08. The monoisotopic (exact) mass is 262 g/mol. The quantitative estimate of drug-likeness (QED) is 0.858. The molecule has 5 nitrogen and oxygen atoms in total. The summed E-state index contributed by atoms with van der Waals surface area (Å²) >= 11 is 0. The Hall–Kier alpha value is -1.36. The third-order valence-electron chi connectivity index (χ3n) is 4.18. The molecular formula is C14H22N4O. The second-order valence-corrected chi connectivity index (χ2v) is 5.54. The Morgan fingerprint density at radius 3 is 2.84 bits per heavy atom. The van der Waals surface area contributed by atoms with Crippen molar-refractivity contribution in [3.8, 4) is 0 Å². The van der Waals surface area contributed by atoms with Crippen LogP contribution in [0.1, 0.15) is 36.9 Å². The molecule has 5 heteroatoms. The molecule has 3 rings (SSSR count). The molecule has 0 atom stereocenters. The van der Waals surface area contributed by atoms with Gasteiger partial charge in [0.2, 0.25) is 0 Å². The number of hydrogen-bond donors (Lipinski definition) is 2. The van der Waals surface area contributed by atoms with Crippen molar-refractivity contribution in [1.29, 1.82) is 0 Å². The minimum Gasteiger partial charge on any atom is -0.383 e. The van der Waals surface area contributed by atoms with Crippen LogP contribution in [0.4, 0.5) is 5.69 Å². The number of piperidine rings is 1. The lowest BCUT2D eigenvalue weighted by Crippen LogP contribution is -2.32. The third-order valence-corrected chi connectivity index (χ3v) is 4.18. The van der Waals surface area contributed by atoms with Crippen LogP contribution in [0.25, 0.3) is 0 Å². The first-order valence-corrected chi connectivity index (χ1v) is 7.41. The van der Waals surface area contributed by atoms with E-state index in [4.69, 9.17) is 0 Å². The molecule has 0 amide bonds. The van der Waals surface area contributed by atoms with Crippen LogP contribution in [-0.4, -0.2) is 41.3 Å². The van der Waals surface area contributed by atoms with Gasteiger partial charge in [-0.1, -0.05) is 6.42 Å². The van der Waals surface area contributed by atoms with Gasteiger partial charge in [0.05, 0.1) is 11.4 Å². The summed E-state index contributed by atoms with van der Waals surface area (Å²) in [6, 6.07) is 0. The Balaban J connectivity index is 1.72. The van der Waals surface area contributed by atoms with Gasteiger partial charge in [0.1, 0.15) is 0 Å². The fourth-order valence-electron chi connectivity index (χ4n) is 3.08. The summed E-state index contributed by atoms with van der Waals surface area (Å²) in [6.07, 6.45) is 6.82. The molecule has 0 spiro atoms. The van der Waals surface area contributed by atoms with E-state index in [1.165, 1.54) is 32.4 Å². The van der Waals surface area contributed by atoms with Crippen LogP contribution in [-0.2, 0) is 12.8 Å². The van der Waals surface area contributed by atoms with Crippen LogP contribution in [0.15, 0.2) is 4.79 Å². The van der Waals surface area contributed by atoms with E-state index >= 15 is 0 Å². The van der Waals surface area contributed by atoms with Gasteiger partial charge in [0.25, 0.3) is 5.56 Å². The summed E-state index contributed by atoms with van der Waals surface area (Å²) in [5.74, 6) is 0. The summed E-state index contributed by atoms with van der Waals surface area (Å²) in [5.41, 5.74) is 2.91. The molecule has 0 aromatic carbocycles. The van der Waals surface area contributed by atoms with Crippen molar-refractivity contribution in [2.75, 3.05) is 31.5 Å². The van der Waals surface area contributed by atoms with Crippen molar-refractivity contribution in [3.05, 3.63) is 21.6 Å². The molecule has 1 fully saturated rings. The number of aromatic amines is 1. The Kier molecular flexibility index (Phi) is 3.82. The van der Waals surface area contributed by atoms with E-state index in [2.05, 4.69) is 20.4 Å². The first kappa shape index (κ1) is 12.7. The van der Waals surface area contributed by atoms with Crippen LogP contribution in [0.2, 0.25) is 0 Å². The number of hydrogen-bond acceptors (Lipinski definition) is 4. The topological polar surface area (TPSA) is 61.0 Å². The average Bonchev–Trinajstić information content (AvgIpc) is 2.48. The minimum atomic E-state index is -0.0241. The van der Waals surface area contributed by atoms with E-state index in [9.17, 15) is 4.79 Å². The lowest BCUT2D eigenvalue weighted by atomic mass is 10.0. The third kappa shape index (κ3) is 2.81. The molecule has 0 saturated carbocycles. The normalized spacial score (nSPS) is 19.8. The van der Waals surface area contributed by atoms with Gasteiger partial charge in [-0.2, -0.15) is 5.10 Å². The van der Waals surface area contributed by atoms with Gasteiger partial charge in [-0.25, -0.2) is 5.10 Å². The predicted molar refractivity (Wildman–Crippen MR) is 75.7 cm³/mol. The molecule has 0 bridgehead atoms. The van der Waals surface area contributed by atoms with Crippen molar-refractivity contribution in [2.45, 2.75) is 38.5 Å². The zero-order valence-corrected chi connectivity index (χ0v) is 11.4. The number of anilines is 1. The molecule has 1 aromatic heterocycles. The summed E-state index contributed by atoms with van der Waals surface area (Å²) in [7, 11) is 0. The number of nitrogens with zero attached hydrogens (tertiary/aromatic N) is 2. The summed E-state index contributed by atoms with van der Waals surface area (Å²) in [6.45, 7) is 4.42. The maximum absolute atomic E-state index is 11.8. The number of rotatable bonds is 3. The van der Waals surface area contributed by atoms with Crippen molar-refractivity contribution >= 4 is 5.69 Å². The molecule has 2 N–H and O–H groups in total. The SMILES string of the molecule is O=c1[nH]nc(CCN2CCCCC2)c2c1CCCN2. The molecule has 3 heterocycles. The summed E-state index contributed by atoms with van der Waals surface area (Å²) in [5, 5.41) is 10.3. The van der Waals surface area contributed by atoms with Crippen LogP contribution in [0, 0.1) is 0 Å². The van der Waals surface area contributed by atoms with E-state index in [1.54, 1.807) is 0 Å². The van der Waals surface area contributed by atoms with Crippen molar-refractivity contribution in [3.63, 3.8) is 0 Å². The van der Waals surface area contributed by atoms with E-state index in [0.29, 0.717) is 0 Å². The van der Waals surface area contributed by atoms with Gasteiger partial charge in [0, 0.05) is 25.1 Å². The molecule has 1 aromatic rings. The van der Waals surface area contributed by atoms with Gasteiger partial charge in [-0.3, -0.25) is 4.79 Å². The molecule has 2 aliphatic heterocycles. The average molecular weight is 262 g/mol. The van der Waals surface area contributed by atoms with Gasteiger partial charge in [-0.15, -0.1) is 0 Å². The highest BCUT2D eigenvalue weighted by atomic mass is 16.1. The van der Waals surface area contributed by atoms with Crippen LogP contribution >= 0.6 is 0 Å². The Labute approximate surface area is 113 Å². The number of likely N-dealkylation sites (tertiary alicyclic amines) is 1. The number of aromatic nitrogens is 2. The van der Waals surface area contributed by atoms with Crippen molar-refractivity contribution in [1.82, 2.24) is 15.1 Å². The van der Waals surface area contributed by atoms with E-state index < -0.39 is 0 Å². The lowest BCUT2D eigenvalue weighted by Gasteiger charge is -2.27. The maximum Gasteiger partial charge on any atom is 0.269 e. The van der Waals surface area contributed by atoms with E-state index in [-0.39, 0.29) is 5.56 Å². The smallest absolute Gasteiger partial charge is 0.269 e. The molecule has 2 aliphatic rings. The Morgan fingerprint density at radius 1 is 1.16 bits per heavy atom. The largest absolute Gasteiger partial charge is 0.383 e. The number of nitrogens with one attached hydrogen (secondary N) is 2. The van der Waals surface area contributed by atoms with Crippen LogP contribution < -0.4 is 10.9 Å². The minimum absolute atomic E-state index is 0.0241. The van der Waals surface area contributed by atoms with E-state index in [0.717, 1.165) is 49.3 Å². The second kappa shape index (κ2) is 5.74. The molecule has 104 valence electrons. The van der Waals surface area contributed by atoms with Crippen LogP contribution in [0.5, 0.6) is 0 Å². The molecule has 0 radical (unpaired) electrons. The molecular weight excluding hydrogens is 240 g/mol. The van der Waals surface area contributed by atoms with Gasteiger partial charge < -0.3 is 10.2 Å². The number of fused-ring (bicyclic) bond motifs is 1. The first-order valence-electron chi connectivity index (χ1n) is 7.41. The molecule has 0 unspecified atom stereocenters. The van der Waals surface area contributed by atoms with Gasteiger partial charge in [0.15, 0.2) is 0 Å². The predicted octanol–water partition coefficient (Wildman–Crippen LogP) is 1.16. The highest BCUT2D eigenvalue weighted by Gasteiger charge is 2.18. The molecule has 0 aliphatic carbocycles. The van der Waals surface area contributed by atoms with E-state index in [1.807, 2.05) is 0 Å². The second-order valence-electron chi connectivity index (χ2n) is 5.54. The van der Waals surface area contributed by atoms with Gasteiger partial charge >= 0.3 is 0 Å². The Bertz CT molecular complexity index is 491. The first-order chi connectivity index (χ1) is 9.34. The maximum atomic E-state index is 11.8. The summed E-state index contributed by atoms with van der Waals surface area (Å²) in [4.78, 5) is 14.3. The highest BCUT2D eigenvalue weighted by Crippen LogP contribution is 2.21. The van der Waals surface area contributed by atoms with Gasteiger partial charge in [-0.05, 0) is 38.8 Å². The fraction of sp³-hybridized carbons (Fsp3) is 0.714. The van der Waals surface area contributed by atoms with Crippen molar-refractivity contribution in [2.24, 2.45) is 0 Å². The van der Waals surface area contributed by atoms with Crippen molar-refractivity contribution < 1.29 is 0 Å². The standard InChI is InChI=1S/C14H22N4O/c19-14-11-5-4-7-15-13(11)12(16-17-14)6-10-18-8-2-1-3-9-18/h15H,1-10H2,(H,17,19). The zero-order chi connectivity index (χ0) is 13.1. The Morgan fingerprint density at radius 2 is 2.00 bits per heavy atom. The van der Waals surface area contributed by atoms with Crippen LogP contribution in [0.3, 0.4) is 0 Å². The molecule has 1 saturated heterocycles. The number of H-pyrrole nitrogens is 1. The zero-order valence-electron chi connectivity index (χ0n) is 11.4. The summed E-state index contributed by atoms with van der Waals surface area (Å²) < 4.78 is 0. The molecule has 19 heavy (non-hydrogen) atoms. The highest BCUT2D eigenvalue weighted by molar-refractivity contribution is 5.55.